The van der Waals surface area contributed by atoms with E-state index in [0.717, 1.165) is 17.5 Å². The molecule has 2 nitrogen and oxygen atoms in total. The van der Waals surface area contributed by atoms with Crippen LogP contribution in [0.5, 0.6) is 0 Å². The summed E-state index contributed by atoms with van der Waals surface area (Å²) in [5.74, 6) is 1.04. The van der Waals surface area contributed by atoms with Gasteiger partial charge in [0, 0.05) is 24.4 Å². The van der Waals surface area contributed by atoms with Crippen LogP contribution in [0.1, 0.15) is 0 Å². The van der Waals surface area contributed by atoms with E-state index in [1.807, 2.05) is 7.05 Å². The van der Waals surface area contributed by atoms with E-state index in [-0.39, 0.29) is 0 Å². The third-order valence-corrected chi connectivity index (χ3v) is 4.02. The van der Waals surface area contributed by atoms with E-state index in [1.54, 1.807) is 23.9 Å². The van der Waals surface area contributed by atoms with E-state index in [9.17, 15) is 0 Å². The van der Waals surface area contributed by atoms with Gasteiger partial charge in [0.05, 0.1) is 10.0 Å². The Bertz CT molecular complexity index is 425. The molecule has 1 heterocycles. The molecule has 1 aromatic carbocycles. The fraction of sp³-hybridized carbons (Fsp3) is 0.300. The molecule has 0 aromatic heterocycles. The van der Waals surface area contributed by atoms with Gasteiger partial charge in [0.25, 0.3) is 0 Å². The van der Waals surface area contributed by atoms with Crippen molar-refractivity contribution in [1.82, 2.24) is 4.90 Å². The molecule has 0 N–H and O–H groups in total. The third kappa shape index (κ3) is 2.59. The molecule has 16 heavy (non-hydrogen) atoms. The van der Waals surface area contributed by atoms with Gasteiger partial charge in [-0.05, 0) is 12.1 Å². The Kier molecular flexibility index (Phi) is 3.90. The van der Waals surface area contributed by atoms with Crippen molar-refractivity contribution < 1.29 is 0 Å². The molecule has 86 valence electrons. The molecule has 0 bridgehead atoms. The first-order valence-corrected chi connectivity index (χ1v) is 6.77. The van der Waals surface area contributed by atoms with Crippen LogP contribution < -0.4 is 0 Å². The predicted molar refractivity (Wildman–Crippen MR) is 73.7 cm³/mol. The Morgan fingerprint density at radius 2 is 1.88 bits per heavy atom. The van der Waals surface area contributed by atoms with E-state index < -0.39 is 0 Å². The monoisotopic (exact) mass is 294 g/mol. The average Bonchev–Trinajstić information content (AvgIpc) is 2.57. The highest BCUT2D eigenvalue weighted by molar-refractivity contribution is 8.14. The maximum atomic E-state index is 6.06. The number of thioether (sulfide) groups is 1. The number of aliphatic imine (C=N–C) groups is 1. The van der Waals surface area contributed by atoms with Gasteiger partial charge in [-0.25, -0.2) is 4.99 Å². The van der Waals surface area contributed by atoms with Crippen molar-refractivity contribution in [3.8, 4) is 0 Å². The Labute approximate surface area is 114 Å². The van der Waals surface area contributed by atoms with Crippen molar-refractivity contribution in [3.05, 3.63) is 27.2 Å². The second-order valence-electron chi connectivity index (χ2n) is 3.38. The van der Waals surface area contributed by atoms with Crippen molar-refractivity contribution in [1.29, 1.82) is 0 Å². The molecule has 0 saturated carbocycles. The molecule has 0 radical (unpaired) electrons. The van der Waals surface area contributed by atoms with E-state index >= 15 is 0 Å². The highest BCUT2D eigenvalue weighted by Crippen LogP contribution is 2.37. The summed E-state index contributed by atoms with van der Waals surface area (Å²) in [7, 11) is 2.00. The van der Waals surface area contributed by atoms with E-state index in [4.69, 9.17) is 34.8 Å². The number of hydrogen-bond acceptors (Lipinski definition) is 2. The minimum Gasteiger partial charge on any atom is -0.353 e. The van der Waals surface area contributed by atoms with E-state index in [0.29, 0.717) is 20.8 Å². The van der Waals surface area contributed by atoms with Crippen LogP contribution in [-0.2, 0) is 0 Å². The highest BCUT2D eigenvalue weighted by atomic mass is 35.5. The minimum atomic E-state index is 0.478. The van der Waals surface area contributed by atoms with E-state index in [2.05, 4.69) is 9.89 Å². The zero-order chi connectivity index (χ0) is 11.7. The highest BCUT2D eigenvalue weighted by Gasteiger charge is 2.16. The summed E-state index contributed by atoms with van der Waals surface area (Å²) in [5, 5.41) is 2.41. The Morgan fingerprint density at radius 3 is 2.38 bits per heavy atom. The van der Waals surface area contributed by atoms with Gasteiger partial charge in [-0.2, -0.15) is 0 Å². The van der Waals surface area contributed by atoms with Gasteiger partial charge in [-0.15, -0.1) is 0 Å². The maximum Gasteiger partial charge on any atom is 0.164 e. The molecule has 0 atom stereocenters. The molecule has 1 aliphatic heterocycles. The molecule has 1 saturated heterocycles. The number of amidine groups is 1. The first kappa shape index (κ1) is 12.4. The Balaban J connectivity index is 2.41. The zero-order valence-electron chi connectivity index (χ0n) is 8.51. The molecule has 6 heteroatoms. The first-order chi connectivity index (χ1) is 7.58. The summed E-state index contributed by atoms with van der Waals surface area (Å²) in [6.07, 6.45) is 0. The second kappa shape index (κ2) is 5.05. The summed E-state index contributed by atoms with van der Waals surface area (Å²) in [6, 6.07) is 3.29. The largest absolute Gasteiger partial charge is 0.353 e. The number of hydrogen-bond donors (Lipinski definition) is 0. The lowest BCUT2D eigenvalue weighted by atomic mass is 10.3. The fourth-order valence-electron chi connectivity index (χ4n) is 1.33. The topological polar surface area (TPSA) is 15.6 Å². The van der Waals surface area contributed by atoms with Crippen LogP contribution in [0, 0.1) is 0 Å². The molecule has 1 aliphatic rings. The summed E-state index contributed by atoms with van der Waals surface area (Å²) in [4.78, 5) is 6.54. The molecule has 0 unspecified atom stereocenters. The summed E-state index contributed by atoms with van der Waals surface area (Å²) >= 11 is 19.6. The summed E-state index contributed by atoms with van der Waals surface area (Å²) in [6.45, 7) is 0.992. The smallest absolute Gasteiger partial charge is 0.164 e. The lowest BCUT2D eigenvalue weighted by molar-refractivity contribution is 0.563. The summed E-state index contributed by atoms with van der Waals surface area (Å²) in [5.41, 5.74) is 0.587. The molecule has 0 amide bonds. The minimum absolute atomic E-state index is 0.478. The Hall–Kier alpha value is -0.0900. The van der Waals surface area contributed by atoms with Crippen molar-refractivity contribution in [3.63, 3.8) is 0 Å². The molecule has 1 fully saturated rings. The van der Waals surface area contributed by atoms with Gasteiger partial charge in [-0.1, -0.05) is 46.6 Å². The molecular formula is C10H9Cl3N2S. The van der Waals surface area contributed by atoms with Crippen molar-refractivity contribution >= 4 is 57.4 Å². The number of nitrogens with zero attached hydrogens (tertiary/aromatic N) is 2. The van der Waals surface area contributed by atoms with Gasteiger partial charge in [0.1, 0.15) is 5.69 Å². The SMILES string of the molecule is CN1CCSC1=Nc1c(Cl)cc(Cl)cc1Cl. The average molecular weight is 296 g/mol. The van der Waals surface area contributed by atoms with E-state index in [1.165, 1.54) is 0 Å². The van der Waals surface area contributed by atoms with Gasteiger partial charge >= 0.3 is 0 Å². The van der Waals surface area contributed by atoms with Crippen LogP contribution in [0.15, 0.2) is 17.1 Å². The van der Waals surface area contributed by atoms with Gasteiger partial charge < -0.3 is 4.90 Å². The molecule has 0 aliphatic carbocycles. The van der Waals surface area contributed by atoms with Crippen LogP contribution in [0.25, 0.3) is 0 Å². The predicted octanol–water partition coefficient (Wildman–Crippen LogP) is 4.31. The van der Waals surface area contributed by atoms with Crippen LogP contribution in [0.2, 0.25) is 15.1 Å². The molecule has 1 aromatic rings. The van der Waals surface area contributed by atoms with Crippen LogP contribution >= 0.6 is 46.6 Å². The fourth-order valence-corrected chi connectivity index (χ4v) is 3.25. The third-order valence-electron chi connectivity index (χ3n) is 2.17. The van der Waals surface area contributed by atoms with Crippen LogP contribution in [-0.4, -0.2) is 29.4 Å². The van der Waals surface area contributed by atoms with Gasteiger partial charge in [0.15, 0.2) is 5.17 Å². The zero-order valence-corrected chi connectivity index (χ0v) is 11.6. The van der Waals surface area contributed by atoms with Crippen LogP contribution in [0.4, 0.5) is 5.69 Å². The van der Waals surface area contributed by atoms with Gasteiger partial charge in [-0.3, -0.25) is 0 Å². The van der Waals surface area contributed by atoms with Crippen LogP contribution in [0.3, 0.4) is 0 Å². The molecular weight excluding hydrogens is 287 g/mol. The van der Waals surface area contributed by atoms with Crippen molar-refractivity contribution in [2.75, 3.05) is 19.3 Å². The lowest BCUT2D eigenvalue weighted by Gasteiger charge is -2.10. The quantitative estimate of drug-likeness (QED) is 0.767. The van der Waals surface area contributed by atoms with Crippen molar-refractivity contribution in [2.24, 2.45) is 4.99 Å². The van der Waals surface area contributed by atoms with Gasteiger partial charge in [0.2, 0.25) is 0 Å². The normalized spacial score (nSPS) is 18.5. The molecule has 2 rings (SSSR count). The maximum absolute atomic E-state index is 6.06. The summed E-state index contributed by atoms with van der Waals surface area (Å²) < 4.78 is 0. The lowest BCUT2D eigenvalue weighted by Crippen LogP contribution is -2.17. The standard InChI is InChI=1S/C10H9Cl3N2S/c1-15-2-3-16-10(15)14-9-7(12)4-6(11)5-8(9)13/h4-5H,2-3H2,1H3. The Morgan fingerprint density at radius 1 is 1.25 bits per heavy atom. The van der Waals surface area contributed by atoms with Crippen molar-refractivity contribution in [2.45, 2.75) is 0 Å². The second-order valence-corrected chi connectivity index (χ2v) is 5.70. The first-order valence-electron chi connectivity index (χ1n) is 4.65. The number of halogens is 3. The number of rotatable bonds is 1. The number of benzene rings is 1. The molecule has 0 spiro atoms.